The van der Waals surface area contributed by atoms with Gasteiger partial charge in [0.25, 0.3) is 0 Å². The Morgan fingerprint density at radius 2 is 0.967 bits per heavy atom. The molecule has 0 heterocycles. The number of phenols is 2. The molecular formula is C28H26O2. The van der Waals surface area contributed by atoms with Gasteiger partial charge >= 0.3 is 0 Å². The van der Waals surface area contributed by atoms with E-state index in [1.165, 1.54) is 22.3 Å². The Labute approximate surface area is 178 Å². The molecule has 0 radical (unpaired) electrons. The van der Waals surface area contributed by atoms with Crippen molar-refractivity contribution < 1.29 is 10.2 Å². The molecule has 0 unspecified atom stereocenters. The van der Waals surface area contributed by atoms with E-state index in [0.717, 1.165) is 24.0 Å². The van der Waals surface area contributed by atoms with E-state index in [-0.39, 0.29) is 17.4 Å². The fourth-order valence-corrected chi connectivity index (χ4v) is 4.18. The number of benzene rings is 4. The van der Waals surface area contributed by atoms with E-state index in [9.17, 15) is 10.2 Å². The molecule has 0 saturated heterocycles. The van der Waals surface area contributed by atoms with E-state index in [0.29, 0.717) is 0 Å². The van der Waals surface area contributed by atoms with Crippen molar-refractivity contribution in [1.29, 1.82) is 0 Å². The number of hydrogen-bond acceptors (Lipinski definition) is 2. The molecular weight excluding hydrogens is 368 g/mol. The molecule has 0 aliphatic heterocycles. The van der Waals surface area contributed by atoms with Crippen LogP contribution >= 0.6 is 0 Å². The number of aromatic hydroxyl groups is 2. The van der Waals surface area contributed by atoms with Gasteiger partial charge in [-0.1, -0.05) is 86.1 Å². The van der Waals surface area contributed by atoms with Crippen LogP contribution in [-0.2, 0) is 0 Å². The van der Waals surface area contributed by atoms with E-state index in [4.69, 9.17) is 0 Å². The monoisotopic (exact) mass is 394 g/mol. The molecule has 0 fully saturated rings. The zero-order chi connectivity index (χ0) is 20.9. The zero-order valence-electron chi connectivity index (χ0n) is 17.1. The van der Waals surface area contributed by atoms with Gasteiger partial charge in [-0.15, -0.1) is 0 Å². The van der Waals surface area contributed by atoms with Gasteiger partial charge in [0.2, 0.25) is 0 Å². The molecule has 0 spiro atoms. The highest BCUT2D eigenvalue weighted by Gasteiger charge is 2.20. The summed E-state index contributed by atoms with van der Waals surface area (Å²) < 4.78 is 0. The molecule has 4 rings (SSSR count). The summed E-state index contributed by atoms with van der Waals surface area (Å²) in [7, 11) is 0. The minimum atomic E-state index is 0.241. The van der Waals surface area contributed by atoms with Gasteiger partial charge in [0.05, 0.1) is 0 Å². The Bertz CT molecular complexity index is 1020. The van der Waals surface area contributed by atoms with Crippen LogP contribution in [0.4, 0.5) is 0 Å². The van der Waals surface area contributed by atoms with Crippen LogP contribution in [0, 0.1) is 0 Å². The smallest absolute Gasteiger partial charge is 0.115 e. The van der Waals surface area contributed by atoms with Crippen molar-refractivity contribution in [2.24, 2.45) is 0 Å². The fraction of sp³-hybridized carbons (Fsp3) is 0.143. The molecule has 30 heavy (non-hydrogen) atoms. The molecule has 0 bridgehead atoms. The summed E-state index contributed by atoms with van der Waals surface area (Å²) in [6, 6.07) is 32.0. The van der Waals surface area contributed by atoms with Crippen molar-refractivity contribution in [3.05, 3.63) is 108 Å². The number of rotatable bonds is 6. The Morgan fingerprint density at radius 3 is 1.37 bits per heavy atom. The lowest BCUT2D eigenvalue weighted by Gasteiger charge is -2.24. The molecule has 2 N–H and O–H groups in total. The quantitative estimate of drug-likeness (QED) is 0.358. The largest absolute Gasteiger partial charge is 0.508 e. The molecule has 0 aliphatic rings. The van der Waals surface area contributed by atoms with Crippen LogP contribution in [-0.4, -0.2) is 10.2 Å². The zero-order valence-corrected chi connectivity index (χ0v) is 17.1. The molecule has 4 aromatic carbocycles. The first kappa shape index (κ1) is 19.8. The van der Waals surface area contributed by atoms with Crippen LogP contribution in [0.25, 0.3) is 22.3 Å². The third-order valence-corrected chi connectivity index (χ3v) is 5.61. The summed E-state index contributed by atoms with van der Waals surface area (Å²) in [6.07, 6.45) is 2.10. The first-order valence-electron chi connectivity index (χ1n) is 10.4. The molecule has 150 valence electrons. The second kappa shape index (κ2) is 8.87. The lowest BCUT2D eigenvalue weighted by Crippen LogP contribution is -2.05. The summed E-state index contributed by atoms with van der Waals surface area (Å²) in [6.45, 7) is 2.22. The summed E-state index contributed by atoms with van der Waals surface area (Å²) in [5.41, 5.74) is 7.17. The summed E-state index contributed by atoms with van der Waals surface area (Å²) >= 11 is 0. The van der Waals surface area contributed by atoms with Crippen LogP contribution in [0.15, 0.2) is 97.1 Å². The van der Waals surface area contributed by atoms with Gasteiger partial charge < -0.3 is 10.2 Å². The second-order valence-electron chi connectivity index (χ2n) is 7.61. The molecule has 0 aromatic heterocycles. The molecule has 0 amide bonds. The fourth-order valence-electron chi connectivity index (χ4n) is 4.18. The third-order valence-electron chi connectivity index (χ3n) is 5.61. The summed E-state index contributed by atoms with van der Waals surface area (Å²) in [5.74, 6) is 0.794. The minimum Gasteiger partial charge on any atom is -0.508 e. The molecule has 0 atom stereocenters. The predicted molar refractivity (Wildman–Crippen MR) is 124 cm³/mol. The van der Waals surface area contributed by atoms with Gasteiger partial charge in [-0.2, -0.15) is 0 Å². The van der Waals surface area contributed by atoms with E-state index >= 15 is 0 Å². The second-order valence-corrected chi connectivity index (χ2v) is 7.61. The van der Waals surface area contributed by atoms with Gasteiger partial charge in [-0.05, 0) is 64.1 Å². The molecule has 2 nitrogen and oxygen atoms in total. The van der Waals surface area contributed by atoms with Gasteiger partial charge in [-0.25, -0.2) is 0 Å². The maximum atomic E-state index is 9.71. The molecule has 2 heteroatoms. The van der Waals surface area contributed by atoms with E-state index in [2.05, 4.69) is 55.5 Å². The van der Waals surface area contributed by atoms with Crippen molar-refractivity contribution in [3.8, 4) is 33.8 Å². The molecule has 0 aliphatic carbocycles. The first-order valence-corrected chi connectivity index (χ1v) is 10.4. The van der Waals surface area contributed by atoms with E-state index < -0.39 is 0 Å². The lowest BCUT2D eigenvalue weighted by molar-refractivity contribution is 0.475. The predicted octanol–water partition coefficient (Wildman–Crippen LogP) is 7.36. The minimum absolute atomic E-state index is 0.241. The average molecular weight is 395 g/mol. The number of hydrogen-bond donors (Lipinski definition) is 2. The summed E-state index contributed by atoms with van der Waals surface area (Å²) in [5, 5.41) is 19.4. The lowest BCUT2D eigenvalue weighted by atomic mass is 9.80. The SMILES string of the molecule is CCCC(c1ccccc1-c1ccc(O)cc1)c1ccccc1-c1ccc(O)cc1. The Balaban J connectivity index is 1.86. The van der Waals surface area contributed by atoms with Crippen molar-refractivity contribution in [2.75, 3.05) is 0 Å². The van der Waals surface area contributed by atoms with Crippen molar-refractivity contribution in [3.63, 3.8) is 0 Å². The average Bonchev–Trinajstić information content (AvgIpc) is 2.79. The van der Waals surface area contributed by atoms with E-state index in [1.807, 2.05) is 24.3 Å². The third kappa shape index (κ3) is 4.08. The van der Waals surface area contributed by atoms with Gasteiger partial charge in [0.1, 0.15) is 11.5 Å². The van der Waals surface area contributed by atoms with Crippen molar-refractivity contribution >= 4 is 0 Å². The van der Waals surface area contributed by atoms with Crippen LogP contribution in [0.5, 0.6) is 11.5 Å². The van der Waals surface area contributed by atoms with Crippen molar-refractivity contribution in [1.82, 2.24) is 0 Å². The van der Waals surface area contributed by atoms with Gasteiger partial charge in [-0.3, -0.25) is 0 Å². The van der Waals surface area contributed by atoms with E-state index in [1.54, 1.807) is 24.3 Å². The van der Waals surface area contributed by atoms with Crippen molar-refractivity contribution in [2.45, 2.75) is 25.7 Å². The highest BCUT2D eigenvalue weighted by atomic mass is 16.3. The highest BCUT2D eigenvalue weighted by molar-refractivity contribution is 5.73. The normalized spacial score (nSPS) is 11.0. The highest BCUT2D eigenvalue weighted by Crippen LogP contribution is 2.40. The van der Waals surface area contributed by atoms with Crippen LogP contribution in [0.3, 0.4) is 0 Å². The topological polar surface area (TPSA) is 40.5 Å². The van der Waals surface area contributed by atoms with Crippen LogP contribution in [0.1, 0.15) is 36.8 Å². The maximum absolute atomic E-state index is 9.71. The van der Waals surface area contributed by atoms with Gasteiger partial charge in [0.15, 0.2) is 0 Å². The number of phenolic OH excluding ortho intramolecular Hbond substituents is 2. The standard InChI is InChI=1S/C28H26O2/c1-2-7-26(27-10-5-3-8-24(27)20-12-16-22(29)17-13-20)28-11-6-4-9-25(28)21-14-18-23(30)19-15-21/h3-6,8-19,26,29-30H,2,7H2,1H3. The Hall–Kier alpha value is -3.52. The Morgan fingerprint density at radius 1 is 0.567 bits per heavy atom. The summed E-state index contributed by atoms with van der Waals surface area (Å²) in [4.78, 5) is 0. The van der Waals surface area contributed by atoms with Crippen LogP contribution in [0.2, 0.25) is 0 Å². The van der Waals surface area contributed by atoms with Crippen LogP contribution < -0.4 is 0 Å². The Kier molecular flexibility index (Phi) is 5.85. The first-order chi connectivity index (χ1) is 14.7. The molecule has 0 saturated carbocycles. The molecule has 4 aromatic rings. The maximum Gasteiger partial charge on any atom is 0.115 e. The van der Waals surface area contributed by atoms with Gasteiger partial charge in [0, 0.05) is 5.92 Å².